The first kappa shape index (κ1) is 14.5. The van der Waals surface area contributed by atoms with Crippen LogP contribution in [0, 0.1) is 0 Å². The molecule has 1 aromatic rings. The van der Waals surface area contributed by atoms with Crippen molar-refractivity contribution in [2.45, 2.75) is 32.4 Å². The number of nitrogens with one attached hydrogen (secondary N) is 1. The van der Waals surface area contributed by atoms with Gasteiger partial charge in [0.15, 0.2) is 0 Å². The van der Waals surface area contributed by atoms with E-state index >= 15 is 0 Å². The van der Waals surface area contributed by atoms with Crippen molar-refractivity contribution in [1.82, 2.24) is 15.1 Å². The van der Waals surface area contributed by atoms with E-state index in [1.807, 2.05) is 11.0 Å². The monoisotopic (exact) mass is 287 g/mol. The highest BCUT2D eigenvalue weighted by Gasteiger charge is 2.31. The van der Waals surface area contributed by atoms with Crippen LogP contribution in [-0.2, 0) is 11.2 Å². The van der Waals surface area contributed by atoms with Gasteiger partial charge in [0, 0.05) is 38.8 Å². The summed E-state index contributed by atoms with van der Waals surface area (Å²) in [6.45, 7) is 8.98. The van der Waals surface area contributed by atoms with Gasteiger partial charge in [-0.25, -0.2) is 0 Å². The lowest BCUT2D eigenvalue weighted by Crippen LogP contribution is -2.53. The third kappa shape index (κ3) is 2.97. The van der Waals surface area contributed by atoms with Crippen molar-refractivity contribution in [3.8, 4) is 0 Å². The lowest BCUT2D eigenvalue weighted by atomic mass is 9.93. The molecule has 1 unspecified atom stereocenters. The van der Waals surface area contributed by atoms with Gasteiger partial charge in [-0.1, -0.05) is 24.3 Å². The van der Waals surface area contributed by atoms with Gasteiger partial charge < -0.3 is 10.2 Å². The van der Waals surface area contributed by atoms with Gasteiger partial charge in [0.2, 0.25) is 5.91 Å². The van der Waals surface area contributed by atoms with E-state index in [1.165, 1.54) is 11.1 Å². The average molecular weight is 287 g/mol. The number of benzene rings is 1. The second-order valence-corrected chi connectivity index (χ2v) is 6.29. The van der Waals surface area contributed by atoms with Crippen molar-refractivity contribution < 1.29 is 4.79 Å². The molecule has 1 amide bonds. The molecule has 1 aromatic carbocycles. The third-order valence-electron chi connectivity index (χ3n) is 4.71. The van der Waals surface area contributed by atoms with Gasteiger partial charge in [-0.15, -0.1) is 0 Å². The molecule has 0 aromatic heterocycles. The predicted octanol–water partition coefficient (Wildman–Crippen LogP) is 1.43. The van der Waals surface area contributed by atoms with E-state index in [4.69, 9.17) is 0 Å². The predicted molar refractivity (Wildman–Crippen MR) is 84.2 cm³/mol. The molecule has 4 heteroatoms. The molecule has 114 valence electrons. The molecule has 21 heavy (non-hydrogen) atoms. The van der Waals surface area contributed by atoms with Crippen LogP contribution < -0.4 is 5.32 Å². The Labute approximate surface area is 127 Å². The molecule has 1 N–H and O–H groups in total. The van der Waals surface area contributed by atoms with Gasteiger partial charge >= 0.3 is 0 Å². The summed E-state index contributed by atoms with van der Waals surface area (Å²) in [7, 11) is 0. The summed E-state index contributed by atoms with van der Waals surface area (Å²) in [4.78, 5) is 17.3. The highest BCUT2D eigenvalue weighted by Crippen LogP contribution is 2.24. The first-order chi connectivity index (χ1) is 10.2. The van der Waals surface area contributed by atoms with Crippen LogP contribution in [0.2, 0.25) is 0 Å². The number of piperazine rings is 1. The minimum absolute atomic E-state index is 0.152. The number of carbonyl (C=O) groups is 1. The molecular formula is C17H25N3O. The Morgan fingerprint density at radius 2 is 1.90 bits per heavy atom. The van der Waals surface area contributed by atoms with Crippen molar-refractivity contribution >= 4 is 5.91 Å². The Hall–Kier alpha value is -1.39. The normalized spacial score (nSPS) is 23.2. The molecule has 0 bridgehead atoms. The fourth-order valence-electron chi connectivity index (χ4n) is 3.37. The Morgan fingerprint density at radius 1 is 1.19 bits per heavy atom. The van der Waals surface area contributed by atoms with Crippen LogP contribution in [0.1, 0.15) is 31.0 Å². The van der Waals surface area contributed by atoms with Crippen LogP contribution >= 0.6 is 0 Å². The van der Waals surface area contributed by atoms with Crippen molar-refractivity contribution in [3.05, 3.63) is 35.4 Å². The van der Waals surface area contributed by atoms with Crippen LogP contribution in [0.5, 0.6) is 0 Å². The summed E-state index contributed by atoms with van der Waals surface area (Å²) < 4.78 is 0. The molecule has 0 saturated carbocycles. The second kappa shape index (κ2) is 6.16. The zero-order chi connectivity index (χ0) is 14.8. The minimum atomic E-state index is -0.152. The van der Waals surface area contributed by atoms with E-state index in [0.29, 0.717) is 6.04 Å². The van der Waals surface area contributed by atoms with Crippen molar-refractivity contribution in [1.29, 1.82) is 0 Å². The molecule has 2 aliphatic rings. The average Bonchev–Trinajstić information content (AvgIpc) is 2.53. The molecule has 0 spiro atoms. The molecule has 0 aliphatic carbocycles. The van der Waals surface area contributed by atoms with E-state index < -0.39 is 0 Å². The molecule has 4 nitrogen and oxygen atoms in total. The maximum absolute atomic E-state index is 12.8. The van der Waals surface area contributed by atoms with E-state index in [2.05, 4.69) is 42.3 Å². The quantitative estimate of drug-likeness (QED) is 0.894. The first-order valence-electron chi connectivity index (χ1n) is 8.01. The van der Waals surface area contributed by atoms with Crippen molar-refractivity contribution in [3.63, 3.8) is 0 Å². The van der Waals surface area contributed by atoms with Crippen LogP contribution in [0.25, 0.3) is 0 Å². The third-order valence-corrected chi connectivity index (χ3v) is 4.71. The molecule has 2 aliphatic heterocycles. The highest BCUT2D eigenvalue weighted by molar-refractivity contribution is 5.84. The van der Waals surface area contributed by atoms with Gasteiger partial charge in [-0.3, -0.25) is 9.69 Å². The zero-order valence-electron chi connectivity index (χ0n) is 13.0. The van der Waals surface area contributed by atoms with Crippen molar-refractivity contribution in [2.24, 2.45) is 0 Å². The van der Waals surface area contributed by atoms with Crippen LogP contribution in [-0.4, -0.2) is 54.5 Å². The Balaban J connectivity index is 1.70. The van der Waals surface area contributed by atoms with Gasteiger partial charge in [0.25, 0.3) is 0 Å². The maximum atomic E-state index is 12.8. The zero-order valence-corrected chi connectivity index (χ0v) is 13.0. The molecule has 3 rings (SSSR count). The largest absolute Gasteiger partial charge is 0.338 e. The van der Waals surface area contributed by atoms with Crippen LogP contribution in [0.15, 0.2) is 24.3 Å². The minimum Gasteiger partial charge on any atom is -0.338 e. The van der Waals surface area contributed by atoms with Crippen LogP contribution in [0.4, 0.5) is 0 Å². The van der Waals surface area contributed by atoms with E-state index in [9.17, 15) is 4.79 Å². The first-order valence-corrected chi connectivity index (χ1v) is 8.01. The Bertz CT molecular complexity index is 507. The van der Waals surface area contributed by atoms with E-state index in [1.54, 1.807) is 0 Å². The smallest absolute Gasteiger partial charge is 0.244 e. The summed E-state index contributed by atoms with van der Waals surface area (Å²) in [5, 5.41) is 3.40. The van der Waals surface area contributed by atoms with E-state index in [-0.39, 0.29) is 11.9 Å². The Kier molecular flexibility index (Phi) is 4.27. The summed E-state index contributed by atoms with van der Waals surface area (Å²) in [6, 6.07) is 8.74. The number of nitrogens with zero attached hydrogens (tertiary/aromatic N) is 2. The SMILES string of the molecule is CC(C)N1CCN(C(=O)C2NCCc3ccccc32)CC1. The van der Waals surface area contributed by atoms with Gasteiger partial charge in [0.1, 0.15) is 6.04 Å². The van der Waals surface area contributed by atoms with Crippen molar-refractivity contribution in [2.75, 3.05) is 32.7 Å². The number of rotatable bonds is 2. The second-order valence-electron chi connectivity index (χ2n) is 6.29. The van der Waals surface area contributed by atoms with Crippen LogP contribution in [0.3, 0.4) is 0 Å². The number of fused-ring (bicyclic) bond motifs is 1. The number of hydrogen-bond acceptors (Lipinski definition) is 3. The summed E-state index contributed by atoms with van der Waals surface area (Å²) in [5.41, 5.74) is 2.48. The molecule has 1 fully saturated rings. The molecule has 1 saturated heterocycles. The summed E-state index contributed by atoms with van der Waals surface area (Å²) >= 11 is 0. The molecule has 2 heterocycles. The van der Waals surface area contributed by atoms with Gasteiger partial charge in [-0.2, -0.15) is 0 Å². The van der Waals surface area contributed by atoms with Gasteiger partial charge in [0.05, 0.1) is 0 Å². The Morgan fingerprint density at radius 3 is 2.62 bits per heavy atom. The molecular weight excluding hydrogens is 262 g/mol. The topological polar surface area (TPSA) is 35.6 Å². The maximum Gasteiger partial charge on any atom is 0.244 e. The number of carbonyl (C=O) groups excluding carboxylic acids is 1. The number of hydrogen-bond donors (Lipinski definition) is 1. The fourth-order valence-corrected chi connectivity index (χ4v) is 3.37. The fraction of sp³-hybridized carbons (Fsp3) is 0.588. The lowest BCUT2D eigenvalue weighted by molar-refractivity contribution is -0.135. The van der Waals surface area contributed by atoms with E-state index in [0.717, 1.165) is 39.1 Å². The standard InChI is InChI=1S/C17H25N3O/c1-13(2)19-9-11-20(12-10-19)17(21)16-15-6-4-3-5-14(15)7-8-18-16/h3-6,13,16,18H,7-12H2,1-2H3. The van der Waals surface area contributed by atoms with Gasteiger partial charge in [-0.05, 0) is 31.4 Å². The summed E-state index contributed by atoms with van der Waals surface area (Å²) in [5.74, 6) is 0.241. The number of amides is 1. The lowest BCUT2D eigenvalue weighted by Gasteiger charge is -2.39. The summed E-state index contributed by atoms with van der Waals surface area (Å²) in [6.07, 6.45) is 1.01. The molecule has 1 atom stereocenters. The molecule has 0 radical (unpaired) electrons. The highest BCUT2D eigenvalue weighted by atomic mass is 16.2.